The minimum Gasteiger partial charge on any atom is -0.347 e. The van der Waals surface area contributed by atoms with Crippen molar-refractivity contribution in [3.05, 3.63) is 17.5 Å². The summed E-state index contributed by atoms with van der Waals surface area (Å²) in [6.45, 7) is 4.33. The lowest BCUT2D eigenvalue weighted by atomic mass is 9.87. The second-order valence-corrected chi connectivity index (χ2v) is 4.95. The van der Waals surface area contributed by atoms with Gasteiger partial charge in [-0.25, -0.2) is 9.97 Å². The zero-order chi connectivity index (χ0) is 12.3. The number of nitrogens with zero attached hydrogens (tertiary/aromatic N) is 3. The fraction of sp³-hybridized carbons (Fsp3) is 0.692. The summed E-state index contributed by atoms with van der Waals surface area (Å²) in [7, 11) is 3.97. The molecule has 0 saturated carbocycles. The first-order valence-electron chi connectivity index (χ1n) is 6.43. The lowest BCUT2D eigenvalue weighted by molar-refractivity contribution is 0.424. The van der Waals surface area contributed by atoms with E-state index in [4.69, 9.17) is 0 Å². The molecule has 94 valence electrons. The van der Waals surface area contributed by atoms with E-state index in [1.54, 1.807) is 0 Å². The standard InChI is InChI=1S/C13H22N4/c1-4-14-8-10-5-6-12-11(7-10)9-15-13(16-12)17(2)3/h9-10,14H,4-8H2,1-3H3. The van der Waals surface area contributed by atoms with Gasteiger partial charge in [0.1, 0.15) is 0 Å². The lowest BCUT2D eigenvalue weighted by Crippen LogP contribution is -2.28. The van der Waals surface area contributed by atoms with Crippen LogP contribution in [0.5, 0.6) is 0 Å². The normalized spacial score (nSPS) is 18.9. The van der Waals surface area contributed by atoms with Gasteiger partial charge in [-0.3, -0.25) is 0 Å². The average molecular weight is 234 g/mol. The van der Waals surface area contributed by atoms with Crippen molar-refractivity contribution in [1.29, 1.82) is 0 Å². The summed E-state index contributed by atoms with van der Waals surface area (Å²) in [5, 5.41) is 3.43. The average Bonchev–Trinajstić information content (AvgIpc) is 2.35. The molecule has 0 bridgehead atoms. The quantitative estimate of drug-likeness (QED) is 0.851. The molecule has 0 aromatic carbocycles. The van der Waals surface area contributed by atoms with Crippen LogP contribution in [0.15, 0.2) is 6.20 Å². The molecule has 17 heavy (non-hydrogen) atoms. The first-order valence-corrected chi connectivity index (χ1v) is 6.43. The van der Waals surface area contributed by atoms with E-state index in [1.807, 2.05) is 25.2 Å². The molecule has 4 nitrogen and oxygen atoms in total. The Kier molecular flexibility index (Phi) is 3.94. The molecular weight excluding hydrogens is 212 g/mol. The third-order valence-corrected chi connectivity index (χ3v) is 3.32. The van der Waals surface area contributed by atoms with Gasteiger partial charge in [-0.15, -0.1) is 0 Å². The van der Waals surface area contributed by atoms with Crippen LogP contribution in [0.4, 0.5) is 5.95 Å². The van der Waals surface area contributed by atoms with Gasteiger partial charge in [-0.1, -0.05) is 6.92 Å². The maximum Gasteiger partial charge on any atom is 0.224 e. The molecule has 4 heteroatoms. The van der Waals surface area contributed by atoms with Gasteiger partial charge in [0.15, 0.2) is 0 Å². The summed E-state index contributed by atoms with van der Waals surface area (Å²) >= 11 is 0. The second-order valence-electron chi connectivity index (χ2n) is 4.95. The van der Waals surface area contributed by atoms with E-state index in [2.05, 4.69) is 22.2 Å². The molecule has 0 spiro atoms. The van der Waals surface area contributed by atoms with E-state index in [1.165, 1.54) is 17.7 Å². The molecule has 0 saturated heterocycles. The zero-order valence-corrected chi connectivity index (χ0v) is 11.0. The molecule has 1 atom stereocenters. The topological polar surface area (TPSA) is 41.1 Å². The van der Waals surface area contributed by atoms with Crippen molar-refractivity contribution < 1.29 is 0 Å². The Morgan fingerprint density at radius 3 is 3.00 bits per heavy atom. The molecule has 2 rings (SSSR count). The minimum atomic E-state index is 0.747. The fourth-order valence-electron chi connectivity index (χ4n) is 2.31. The number of fused-ring (bicyclic) bond motifs is 1. The zero-order valence-electron chi connectivity index (χ0n) is 11.0. The predicted octanol–water partition coefficient (Wildman–Crippen LogP) is 1.26. The molecule has 1 heterocycles. The number of aromatic nitrogens is 2. The minimum absolute atomic E-state index is 0.747. The highest BCUT2D eigenvalue weighted by molar-refractivity contribution is 5.32. The van der Waals surface area contributed by atoms with Gasteiger partial charge in [-0.2, -0.15) is 0 Å². The predicted molar refractivity (Wildman–Crippen MR) is 70.4 cm³/mol. The van der Waals surface area contributed by atoms with Gasteiger partial charge in [-0.05, 0) is 43.8 Å². The molecule has 1 aliphatic rings. The lowest BCUT2D eigenvalue weighted by Gasteiger charge is -2.24. The van der Waals surface area contributed by atoms with Crippen molar-refractivity contribution in [2.45, 2.75) is 26.2 Å². The molecule has 0 radical (unpaired) electrons. The van der Waals surface area contributed by atoms with Crippen molar-refractivity contribution in [3.63, 3.8) is 0 Å². The molecule has 1 unspecified atom stereocenters. The second kappa shape index (κ2) is 5.45. The largest absolute Gasteiger partial charge is 0.347 e. The number of anilines is 1. The van der Waals surface area contributed by atoms with Crippen LogP contribution in [-0.4, -0.2) is 37.2 Å². The van der Waals surface area contributed by atoms with Crippen molar-refractivity contribution in [2.75, 3.05) is 32.1 Å². The van der Waals surface area contributed by atoms with Crippen LogP contribution in [0.2, 0.25) is 0 Å². The fourth-order valence-corrected chi connectivity index (χ4v) is 2.31. The summed E-state index contributed by atoms with van der Waals surface area (Å²) in [5.74, 6) is 1.57. The van der Waals surface area contributed by atoms with E-state index < -0.39 is 0 Å². The van der Waals surface area contributed by atoms with E-state index in [0.717, 1.165) is 37.8 Å². The van der Waals surface area contributed by atoms with Gasteiger partial charge < -0.3 is 10.2 Å². The van der Waals surface area contributed by atoms with Gasteiger partial charge in [0.2, 0.25) is 5.95 Å². The molecule has 0 amide bonds. The number of hydrogen-bond acceptors (Lipinski definition) is 4. The van der Waals surface area contributed by atoms with Crippen LogP contribution in [0.25, 0.3) is 0 Å². The monoisotopic (exact) mass is 234 g/mol. The summed E-state index contributed by atoms with van der Waals surface area (Å²) in [4.78, 5) is 11.0. The van der Waals surface area contributed by atoms with Gasteiger partial charge in [0.05, 0.1) is 0 Å². The number of hydrogen-bond donors (Lipinski definition) is 1. The third kappa shape index (κ3) is 2.94. The Morgan fingerprint density at radius 1 is 1.47 bits per heavy atom. The van der Waals surface area contributed by atoms with E-state index in [0.29, 0.717) is 0 Å². The van der Waals surface area contributed by atoms with E-state index in [-0.39, 0.29) is 0 Å². The van der Waals surface area contributed by atoms with Crippen molar-refractivity contribution in [3.8, 4) is 0 Å². The van der Waals surface area contributed by atoms with Gasteiger partial charge in [0.25, 0.3) is 0 Å². The van der Waals surface area contributed by atoms with Crippen LogP contribution >= 0.6 is 0 Å². The summed E-state index contributed by atoms with van der Waals surface area (Å²) in [6.07, 6.45) is 5.46. The SMILES string of the molecule is CCNCC1CCc2nc(N(C)C)ncc2C1. The smallest absolute Gasteiger partial charge is 0.224 e. The Bertz CT molecular complexity index is 376. The molecule has 1 N–H and O–H groups in total. The van der Waals surface area contributed by atoms with Crippen molar-refractivity contribution in [1.82, 2.24) is 15.3 Å². The molecule has 1 aromatic heterocycles. The number of nitrogens with one attached hydrogen (secondary N) is 1. The van der Waals surface area contributed by atoms with Crippen LogP contribution in [0.3, 0.4) is 0 Å². The molecular formula is C13H22N4. The molecule has 1 aromatic rings. The van der Waals surface area contributed by atoms with E-state index in [9.17, 15) is 0 Å². The Balaban J connectivity index is 2.06. The Morgan fingerprint density at radius 2 is 2.29 bits per heavy atom. The maximum absolute atomic E-state index is 4.62. The van der Waals surface area contributed by atoms with Crippen LogP contribution in [0.1, 0.15) is 24.6 Å². The molecule has 1 aliphatic carbocycles. The Hall–Kier alpha value is -1.16. The van der Waals surface area contributed by atoms with Crippen LogP contribution in [0, 0.1) is 5.92 Å². The highest BCUT2D eigenvalue weighted by atomic mass is 15.2. The molecule has 0 fully saturated rings. The third-order valence-electron chi connectivity index (χ3n) is 3.32. The number of rotatable bonds is 4. The first-order chi connectivity index (χ1) is 8.20. The van der Waals surface area contributed by atoms with Crippen LogP contribution < -0.4 is 10.2 Å². The maximum atomic E-state index is 4.62. The Labute approximate surface area is 103 Å². The van der Waals surface area contributed by atoms with Crippen LogP contribution in [-0.2, 0) is 12.8 Å². The summed E-state index contributed by atoms with van der Waals surface area (Å²) in [5.41, 5.74) is 2.58. The van der Waals surface area contributed by atoms with Gasteiger partial charge in [0, 0.05) is 26.0 Å². The van der Waals surface area contributed by atoms with Crippen molar-refractivity contribution in [2.24, 2.45) is 5.92 Å². The number of aryl methyl sites for hydroxylation is 1. The highest BCUT2D eigenvalue weighted by Crippen LogP contribution is 2.24. The van der Waals surface area contributed by atoms with E-state index >= 15 is 0 Å². The van der Waals surface area contributed by atoms with Gasteiger partial charge >= 0.3 is 0 Å². The van der Waals surface area contributed by atoms with Crippen molar-refractivity contribution >= 4 is 5.95 Å². The molecule has 0 aliphatic heterocycles. The summed E-state index contributed by atoms with van der Waals surface area (Å²) < 4.78 is 0. The first kappa shape index (κ1) is 12.3. The summed E-state index contributed by atoms with van der Waals surface area (Å²) in [6, 6.07) is 0. The highest BCUT2D eigenvalue weighted by Gasteiger charge is 2.20.